The standard InChI is InChI=1S/C13H17N3OS/c1-3-7-16-12(17)14-15-13(16)18-9-11-6-4-5-10(2)8-11/h4-6,8H,3,7,9H2,1-2H3,(H,14,17). The zero-order chi connectivity index (χ0) is 13.0. The van der Waals surface area contributed by atoms with Crippen LogP contribution in [0, 0.1) is 6.92 Å². The summed E-state index contributed by atoms with van der Waals surface area (Å²) in [5, 5.41) is 7.33. The van der Waals surface area contributed by atoms with Crippen molar-refractivity contribution in [3.63, 3.8) is 0 Å². The van der Waals surface area contributed by atoms with Crippen molar-refractivity contribution in [2.45, 2.75) is 37.7 Å². The predicted octanol–water partition coefficient (Wildman–Crippen LogP) is 2.58. The lowest BCUT2D eigenvalue weighted by Crippen LogP contribution is -2.17. The van der Waals surface area contributed by atoms with E-state index in [1.807, 2.05) is 0 Å². The molecule has 0 unspecified atom stereocenters. The van der Waals surface area contributed by atoms with E-state index in [1.165, 1.54) is 11.1 Å². The Balaban J connectivity index is 2.08. The summed E-state index contributed by atoms with van der Waals surface area (Å²) in [6.07, 6.45) is 0.928. The van der Waals surface area contributed by atoms with Gasteiger partial charge in [-0.3, -0.25) is 4.57 Å². The molecule has 96 valence electrons. The summed E-state index contributed by atoms with van der Waals surface area (Å²) in [7, 11) is 0. The fourth-order valence-corrected chi connectivity index (χ4v) is 2.70. The van der Waals surface area contributed by atoms with Gasteiger partial charge >= 0.3 is 5.69 Å². The van der Waals surface area contributed by atoms with E-state index < -0.39 is 0 Å². The SMILES string of the molecule is CCCn1c(SCc2cccc(C)c2)n[nH]c1=O. The summed E-state index contributed by atoms with van der Waals surface area (Å²) in [5.74, 6) is 0.829. The monoisotopic (exact) mass is 263 g/mol. The summed E-state index contributed by atoms with van der Waals surface area (Å²) in [6.45, 7) is 4.84. The van der Waals surface area contributed by atoms with Crippen LogP contribution in [-0.4, -0.2) is 14.8 Å². The normalized spacial score (nSPS) is 10.8. The quantitative estimate of drug-likeness (QED) is 0.844. The van der Waals surface area contributed by atoms with Crippen molar-refractivity contribution in [1.29, 1.82) is 0 Å². The molecule has 5 heteroatoms. The highest BCUT2D eigenvalue weighted by Crippen LogP contribution is 2.20. The van der Waals surface area contributed by atoms with Crippen molar-refractivity contribution in [2.75, 3.05) is 0 Å². The molecular weight excluding hydrogens is 246 g/mol. The molecule has 0 fully saturated rings. The van der Waals surface area contributed by atoms with E-state index in [4.69, 9.17) is 0 Å². The Morgan fingerprint density at radius 1 is 1.44 bits per heavy atom. The van der Waals surface area contributed by atoms with Gasteiger partial charge in [0.15, 0.2) is 5.16 Å². The Kier molecular flexibility index (Phi) is 4.25. The molecule has 0 bridgehead atoms. The van der Waals surface area contributed by atoms with Gasteiger partial charge in [0.2, 0.25) is 0 Å². The van der Waals surface area contributed by atoms with Gasteiger partial charge in [-0.2, -0.15) is 0 Å². The molecule has 0 aliphatic carbocycles. The third kappa shape index (κ3) is 3.04. The number of thioether (sulfide) groups is 1. The number of nitrogens with zero attached hydrogens (tertiary/aromatic N) is 2. The van der Waals surface area contributed by atoms with E-state index in [-0.39, 0.29) is 5.69 Å². The molecule has 1 aromatic heterocycles. The summed E-state index contributed by atoms with van der Waals surface area (Å²) in [5.41, 5.74) is 2.38. The minimum absolute atomic E-state index is 0.122. The molecule has 1 aromatic carbocycles. The first-order chi connectivity index (χ1) is 8.70. The number of hydrogen-bond acceptors (Lipinski definition) is 3. The Morgan fingerprint density at radius 2 is 2.28 bits per heavy atom. The summed E-state index contributed by atoms with van der Waals surface area (Å²) >= 11 is 1.59. The van der Waals surface area contributed by atoms with Gasteiger partial charge < -0.3 is 0 Å². The number of aryl methyl sites for hydroxylation is 1. The fourth-order valence-electron chi connectivity index (χ4n) is 1.78. The maximum atomic E-state index is 11.5. The molecule has 0 radical (unpaired) electrons. The van der Waals surface area contributed by atoms with Crippen LogP contribution in [0.4, 0.5) is 0 Å². The zero-order valence-electron chi connectivity index (χ0n) is 10.6. The van der Waals surface area contributed by atoms with Crippen LogP contribution in [0.2, 0.25) is 0 Å². The van der Waals surface area contributed by atoms with Gasteiger partial charge in [0, 0.05) is 12.3 Å². The number of nitrogens with one attached hydrogen (secondary N) is 1. The highest BCUT2D eigenvalue weighted by molar-refractivity contribution is 7.98. The van der Waals surface area contributed by atoms with Gasteiger partial charge in [0.1, 0.15) is 0 Å². The third-order valence-corrected chi connectivity index (χ3v) is 3.67. The van der Waals surface area contributed by atoms with Crippen molar-refractivity contribution in [3.05, 3.63) is 45.9 Å². The second kappa shape index (κ2) is 5.91. The van der Waals surface area contributed by atoms with Gasteiger partial charge in [-0.1, -0.05) is 48.5 Å². The van der Waals surface area contributed by atoms with Crippen LogP contribution in [0.3, 0.4) is 0 Å². The molecule has 1 heterocycles. The van der Waals surface area contributed by atoms with E-state index in [9.17, 15) is 4.79 Å². The van der Waals surface area contributed by atoms with Crippen LogP contribution in [0.15, 0.2) is 34.2 Å². The van der Waals surface area contributed by atoms with E-state index in [0.29, 0.717) is 6.54 Å². The van der Waals surface area contributed by atoms with Crippen LogP contribution in [0.5, 0.6) is 0 Å². The number of benzene rings is 1. The van der Waals surface area contributed by atoms with E-state index in [2.05, 4.69) is 48.3 Å². The molecular formula is C13H17N3OS. The highest BCUT2D eigenvalue weighted by atomic mass is 32.2. The number of aromatic nitrogens is 3. The van der Waals surface area contributed by atoms with E-state index >= 15 is 0 Å². The summed E-state index contributed by atoms with van der Waals surface area (Å²) in [6, 6.07) is 8.38. The van der Waals surface area contributed by atoms with Gasteiger partial charge in [-0.15, -0.1) is 5.10 Å². The minimum atomic E-state index is -0.122. The Morgan fingerprint density at radius 3 is 3.00 bits per heavy atom. The lowest BCUT2D eigenvalue weighted by Gasteiger charge is -2.04. The maximum Gasteiger partial charge on any atom is 0.343 e. The smallest absolute Gasteiger partial charge is 0.270 e. The number of rotatable bonds is 5. The Hall–Kier alpha value is -1.49. The highest BCUT2D eigenvalue weighted by Gasteiger charge is 2.07. The molecule has 4 nitrogen and oxygen atoms in total. The number of aromatic amines is 1. The topological polar surface area (TPSA) is 50.7 Å². The minimum Gasteiger partial charge on any atom is -0.270 e. The lowest BCUT2D eigenvalue weighted by molar-refractivity contribution is 0.604. The average Bonchev–Trinajstić information content (AvgIpc) is 2.69. The molecule has 0 aliphatic rings. The van der Waals surface area contributed by atoms with Gasteiger partial charge in [0.05, 0.1) is 0 Å². The first-order valence-electron chi connectivity index (χ1n) is 6.04. The molecule has 2 rings (SSSR count). The molecule has 2 aromatic rings. The van der Waals surface area contributed by atoms with Crippen LogP contribution < -0.4 is 5.69 Å². The van der Waals surface area contributed by atoms with Crippen LogP contribution in [-0.2, 0) is 12.3 Å². The van der Waals surface area contributed by atoms with Crippen LogP contribution >= 0.6 is 11.8 Å². The first-order valence-corrected chi connectivity index (χ1v) is 7.03. The summed E-state index contributed by atoms with van der Waals surface area (Å²) < 4.78 is 1.69. The fraction of sp³-hybridized carbons (Fsp3) is 0.385. The summed E-state index contributed by atoms with van der Waals surface area (Å²) in [4.78, 5) is 11.5. The van der Waals surface area contributed by atoms with Crippen molar-refractivity contribution in [2.24, 2.45) is 0 Å². The molecule has 0 saturated heterocycles. The van der Waals surface area contributed by atoms with E-state index in [0.717, 1.165) is 17.3 Å². The van der Waals surface area contributed by atoms with Gasteiger partial charge in [-0.05, 0) is 18.9 Å². The Bertz CT molecular complexity index is 574. The average molecular weight is 263 g/mol. The number of H-pyrrole nitrogens is 1. The van der Waals surface area contributed by atoms with Crippen LogP contribution in [0.25, 0.3) is 0 Å². The zero-order valence-corrected chi connectivity index (χ0v) is 11.5. The largest absolute Gasteiger partial charge is 0.343 e. The molecule has 1 N–H and O–H groups in total. The van der Waals surface area contributed by atoms with Crippen molar-refractivity contribution in [1.82, 2.24) is 14.8 Å². The third-order valence-electron chi connectivity index (χ3n) is 2.62. The molecule has 0 spiro atoms. The molecule has 0 aliphatic heterocycles. The molecule has 0 amide bonds. The number of hydrogen-bond donors (Lipinski definition) is 1. The first kappa shape index (κ1) is 13.0. The van der Waals surface area contributed by atoms with Crippen LogP contribution in [0.1, 0.15) is 24.5 Å². The van der Waals surface area contributed by atoms with Gasteiger partial charge in [0.25, 0.3) is 0 Å². The molecule has 0 saturated carbocycles. The van der Waals surface area contributed by atoms with Crippen molar-refractivity contribution < 1.29 is 0 Å². The second-order valence-electron chi connectivity index (χ2n) is 4.24. The predicted molar refractivity (Wildman–Crippen MR) is 73.9 cm³/mol. The van der Waals surface area contributed by atoms with Crippen molar-refractivity contribution in [3.8, 4) is 0 Å². The van der Waals surface area contributed by atoms with Crippen molar-refractivity contribution >= 4 is 11.8 Å². The van der Waals surface area contributed by atoms with Gasteiger partial charge in [-0.25, -0.2) is 9.89 Å². The van der Waals surface area contributed by atoms with E-state index in [1.54, 1.807) is 16.3 Å². The molecule has 0 atom stereocenters. The Labute approximate surface area is 110 Å². The maximum absolute atomic E-state index is 11.5. The lowest BCUT2D eigenvalue weighted by atomic mass is 10.2. The molecule has 18 heavy (non-hydrogen) atoms. The second-order valence-corrected chi connectivity index (χ2v) is 5.18.